The second-order valence-corrected chi connectivity index (χ2v) is 17.7. The van der Waals surface area contributed by atoms with Gasteiger partial charge in [-0.15, -0.1) is 11.3 Å². The van der Waals surface area contributed by atoms with Crippen LogP contribution in [0.5, 0.6) is 0 Å². The van der Waals surface area contributed by atoms with Crippen molar-refractivity contribution < 1.29 is 4.42 Å². The maximum atomic E-state index is 7.17. The molecule has 2 aromatic heterocycles. The normalized spacial score (nSPS) is 12.9. The van der Waals surface area contributed by atoms with Gasteiger partial charge in [0.1, 0.15) is 11.2 Å². The molecule has 10 aromatic carbocycles. The lowest BCUT2D eigenvalue weighted by Crippen LogP contribution is -1.96. The van der Waals surface area contributed by atoms with E-state index in [9.17, 15) is 0 Å². The fraction of sp³-hybridized carbons (Fsp3) is 0.0333. The molecule has 12 aromatic rings. The Bertz CT molecular complexity index is 3840. The summed E-state index contributed by atoms with van der Waals surface area (Å²) in [5.74, 6) is 0. The maximum Gasteiger partial charge on any atom is 0.143 e. The second-order valence-electron chi connectivity index (χ2n) is 16.7. The summed E-state index contributed by atoms with van der Waals surface area (Å²) in [7, 11) is 0. The molecule has 0 radical (unpaired) electrons. The summed E-state index contributed by atoms with van der Waals surface area (Å²) in [6.07, 6.45) is 8.02. The summed E-state index contributed by atoms with van der Waals surface area (Å²) in [4.78, 5) is 0. The topological polar surface area (TPSA) is 13.1 Å². The fourth-order valence-corrected chi connectivity index (χ4v) is 11.8. The summed E-state index contributed by atoms with van der Waals surface area (Å²) in [6, 6.07) is 66.8. The molecule has 1 aliphatic rings. The van der Waals surface area contributed by atoms with Crippen LogP contribution in [0.2, 0.25) is 0 Å². The van der Waals surface area contributed by atoms with E-state index in [-0.39, 0.29) is 0 Å². The Morgan fingerprint density at radius 1 is 0.419 bits per heavy atom. The van der Waals surface area contributed by atoms with E-state index in [2.05, 4.69) is 207 Å². The summed E-state index contributed by atoms with van der Waals surface area (Å²) in [6.45, 7) is 2.25. The number of benzene rings is 10. The number of hydrogen-bond donors (Lipinski definition) is 0. The molecule has 0 N–H and O–H groups in total. The number of allylic oxidation sites excluding steroid dienone is 2. The maximum absolute atomic E-state index is 7.17. The van der Waals surface area contributed by atoms with Crippen LogP contribution in [0.4, 0.5) is 0 Å². The molecule has 1 nitrogen and oxygen atoms in total. The molecule has 290 valence electrons. The zero-order chi connectivity index (χ0) is 40.9. The Labute approximate surface area is 363 Å². The van der Waals surface area contributed by atoms with Crippen LogP contribution in [-0.4, -0.2) is 0 Å². The average molecular weight is 807 g/mol. The number of hydrogen-bond acceptors (Lipinski definition) is 2. The van der Waals surface area contributed by atoms with E-state index in [1.807, 2.05) is 11.3 Å². The van der Waals surface area contributed by atoms with Crippen molar-refractivity contribution in [3.05, 3.63) is 205 Å². The first-order valence-corrected chi connectivity index (χ1v) is 22.3. The minimum Gasteiger partial charge on any atom is -0.455 e. The third-order valence-corrected chi connectivity index (χ3v) is 14.4. The minimum absolute atomic E-state index is 0.890. The number of para-hydroxylation sites is 1. The van der Waals surface area contributed by atoms with Crippen LogP contribution >= 0.6 is 11.3 Å². The SMILES string of the molecule is CC1=Cc2c(c(-c3ccccc3)c3ccccc3c2-c2cccc3oc4c(-c5c6ccccc6c(-c6cccc7c6sc6ccccc67)c6ccccc56)cccc4c23)C=CC1. The average Bonchev–Trinajstić information content (AvgIpc) is 3.84. The standard InChI is InChI=1S/C60H38OS/c1-36-17-13-27-45-51(35-36)57(40-22-6-5-21-39(40)54(45)37-18-3-2-4-19-37)47-29-16-33-52-58(47)49-31-15-30-48(59(49)61-52)55-41-23-7-9-25-43(41)56(44-26-10-8-24-42(44)55)50-32-14-28-46-38-20-11-12-34-53(38)62-60(46)50/h2-16,18-35H,17H2,1H3. The van der Waals surface area contributed by atoms with Crippen LogP contribution in [0.15, 0.2) is 198 Å². The van der Waals surface area contributed by atoms with Gasteiger partial charge in [0, 0.05) is 47.6 Å². The Morgan fingerprint density at radius 3 is 1.66 bits per heavy atom. The molecule has 0 saturated carbocycles. The highest BCUT2D eigenvalue weighted by Crippen LogP contribution is 2.52. The molecule has 0 atom stereocenters. The van der Waals surface area contributed by atoms with E-state index in [0.717, 1.165) is 33.9 Å². The molecule has 0 saturated heterocycles. The lowest BCUT2D eigenvalue weighted by Gasteiger charge is -2.20. The molecule has 0 bridgehead atoms. The van der Waals surface area contributed by atoms with Crippen LogP contribution in [0.1, 0.15) is 24.5 Å². The summed E-state index contributed by atoms with van der Waals surface area (Å²) >= 11 is 1.89. The summed E-state index contributed by atoms with van der Waals surface area (Å²) in [5, 5.41) is 12.3. The summed E-state index contributed by atoms with van der Waals surface area (Å²) in [5.41, 5.74) is 15.5. The van der Waals surface area contributed by atoms with Gasteiger partial charge in [-0.2, -0.15) is 0 Å². The first kappa shape index (κ1) is 35.3. The van der Waals surface area contributed by atoms with Gasteiger partial charge in [-0.1, -0.05) is 194 Å². The van der Waals surface area contributed by atoms with E-state index >= 15 is 0 Å². The molecule has 0 spiro atoms. The Kier molecular flexibility index (Phi) is 7.82. The van der Waals surface area contributed by atoms with E-state index in [4.69, 9.17) is 4.42 Å². The molecular weight excluding hydrogens is 769 g/mol. The Hall–Kier alpha value is -7.52. The quantitative estimate of drug-likeness (QED) is 0.162. The number of fused-ring (bicyclic) bond motifs is 10. The van der Waals surface area contributed by atoms with Gasteiger partial charge in [-0.3, -0.25) is 0 Å². The minimum atomic E-state index is 0.890. The van der Waals surface area contributed by atoms with Gasteiger partial charge in [-0.05, 0) is 96.7 Å². The predicted octanol–water partition coefficient (Wildman–Crippen LogP) is 17.9. The fourth-order valence-electron chi connectivity index (χ4n) is 10.6. The highest BCUT2D eigenvalue weighted by atomic mass is 32.1. The molecule has 1 aliphatic carbocycles. The molecular formula is C60H38OS. The van der Waals surface area contributed by atoms with Crippen molar-refractivity contribution in [1.29, 1.82) is 0 Å². The van der Waals surface area contributed by atoms with Crippen molar-refractivity contribution in [3.63, 3.8) is 0 Å². The van der Waals surface area contributed by atoms with Crippen LogP contribution in [0.3, 0.4) is 0 Å². The Balaban J connectivity index is 1.11. The molecule has 2 heteroatoms. The lowest BCUT2D eigenvalue weighted by atomic mass is 9.82. The van der Waals surface area contributed by atoms with E-state index in [1.54, 1.807) is 0 Å². The molecule has 0 fully saturated rings. The van der Waals surface area contributed by atoms with Crippen LogP contribution in [0.25, 0.3) is 131 Å². The smallest absolute Gasteiger partial charge is 0.143 e. The van der Waals surface area contributed by atoms with Crippen LogP contribution < -0.4 is 0 Å². The van der Waals surface area contributed by atoms with Gasteiger partial charge in [0.05, 0.1) is 0 Å². The van der Waals surface area contributed by atoms with Crippen molar-refractivity contribution >= 4 is 97.9 Å². The molecule has 13 rings (SSSR count). The van der Waals surface area contributed by atoms with Gasteiger partial charge < -0.3 is 4.42 Å². The first-order chi connectivity index (χ1) is 30.7. The van der Waals surface area contributed by atoms with E-state index < -0.39 is 0 Å². The van der Waals surface area contributed by atoms with Gasteiger partial charge >= 0.3 is 0 Å². The monoisotopic (exact) mass is 806 g/mol. The van der Waals surface area contributed by atoms with Gasteiger partial charge in [-0.25, -0.2) is 0 Å². The number of furan rings is 1. The van der Waals surface area contributed by atoms with Crippen molar-refractivity contribution in [3.8, 4) is 44.5 Å². The lowest BCUT2D eigenvalue weighted by molar-refractivity contribution is 0.670. The van der Waals surface area contributed by atoms with E-state index in [1.165, 1.54) is 108 Å². The van der Waals surface area contributed by atoms with Gasteiger partial charge in [0.15, 0.2) is 0 Å². The molecule has 62 heavy (non-hydrogen) atoms. The van der Waals surface area contributed by atoms with E-state index in [0.29, 0.717) is 0 Å². The summed E-state index contributed by atoms with van der Waals surface area (Å²) < 4.78 is 9.81. The largest absolute Gasteiger partial charge is 0.455 e. The highest BCUT2D eigenvalue weighted by molar-refractivity contribution is 7.26. The Morgan fingerprint density at radius 2 is 0.952 bits per heavy atom. The van der Waals surface area contributed by atoms with Crippen molar-refractivity contribution in [1.82, 2.24) is 0 Å². The van der Waals surface area contributed by atoms with Crippen molar-refractivity contribution in [2.75, 3.05) is 0 Å². The van der Waals surface area contributed by atoms with Crippen molar-refractivity contribution in [2.45, 2.75) is 13.3 Å². The van der Waals surface area contributed by atoms with Crippen LogP contribution in [0, 0.1) is 0 Å². The molecule has 0 unspecified atom stereocenters. The molecule has 0 aliphatic heterocycles. The third kappa shape index (κ3) is 5.14. The highest BCUT2D eigenvalue weighted by Gasteiger charge is 2.26. The first-order valence-electron chi connectivity index (χ1n) is 21.5. The van der Waals surface area contributed by atoms with Gasteiger partial charge in [0.25, 0.3) is 0 Å². The third-order valence-electron chi connectivity index (χ3n) is 13.1. The zero-order valence-electron chi connectivity index (χ0n) is 34.1. The zero-order valence-corrected chi connectivity index (χ0v) is 34.9. The van der Waals surface area contributed by atoms with Crippen LogP contribution in [-0.2, 0) is 0 Å². The second kappa shape index (κ2) is 13.8. The molecule has 0 amide bonds. The predicted molar refractivity (Wildman–Crippen MR) is 268 cm³/mol. The number of thiophene rings is 1. The number of rotatable bonds is 4. The molecule has 2 heterocycles. The van der Waals surface area contributed by atoms with Gasteiger partial charge in [0.2, 0.25) is 0 Å². The van der Waals surface area contributed by atoms with Crippen molar-refractivity contribution in [2.24, 2.45) is 0 Å².